The number of aliphatic hydroxyl groups is 1. The van der Waals surface area contributed by atoms with Crippen molar-refractivity contribution in [1.82, 2.24) is 0 Å². The van der Waals surface area contributed by atoms with Crippen molar-refractivity contribution < 1.29 is 14.4 Å². The Kier molecular flexibility index (Phi) is 4.86. The van der Waals surface area contributed by atoms with Gasteiger partial charge in [0.2, 0.25) is 0 Å². The molecule has 26 heavy (non-hydrogen) atoms. The first-order chi connectivity index (χ1) is 12.6. The smallest absolute Gasteiger partial charge is 0.316 e. The van der Waals surface area contributed by atoms with Gasteiger partial charge in [0.15, 0.2) is 18.0 Å². The van der Waals surface area contributed by atoms with Crippen LogP contribution in [0.15, 0.2) is 48.5 Å². The van der Waals surface area contributed by atoms with E-state index in [0.29, 0.717) is 18.2 Å². The molecule has 1 N–H and O–H groups in total. The molecule has 0 amide bonds. The average Bonchev–Trinajstić information content (AvgIpc) is 2.97. The van der Waals surface area contributed by atoms with Crippen molar-refractivity contribution in [3.63, 3.8) is 0 Å². The summed E-state index contributed by atoms with van der Waals surface area (Å²) in [7, 11) is 0. The highest BCUT2D eigenvalue weighted by Crippen LogP contribution is 2.40. The number of hydrogen-bond donors (Lipinski definition) is 1. The van der Waals surface area contributed by atoms with Crippen LogP contribution >= 0.6 is 23.4 Å². The van der Waals surface area contributed by atoms with Crippen LogP contribution in [0.2, 0.25) is 5.02 Å². The molecular formula is C20H22ClN2O2S+. The van der Waals surface area contributed by atoms with E-state index in [9.17, 15) is 5.11 Å². The molecule has 0 bridgehead atoms. The maximum Gasteiger partial charge on any atom is 0.316 e. The summed E-state index contributed by atoms with van der Waals surface area (Å²) in [5, 5.41) is 13.4. The number of thioether (sulfide) groups is 1. The first-order valence-corrected chi connectivity index (χ1v) is 10.2. The van der Waals surface area contributed by atoms with E-state index in [1.807, 2.05) is 49.4 Å². The van der Waals surface area contributed by atoms with Crippen LogP contribution in [0.3, 0.4) is 0 Å². The number of rotatable bonds is 4. The van der Waals surface area contributed by atoms with E-state index in [1.54, 1.807) is 11.8 Å². The number of halogens is 1. The van der Waals surface area contributed by atoms with Crippen molar-refractivity contribution in [3.8, 4) is 5.75 Å². The van der Waals surface area contributed by atoms with Crippen molar-refractivity contribution in [3.05, 3.63) is 59.1 Å². The van der Waals surface area contributed by atoms with Crippen LogP contribution in [0.1, 0.15) is 18.9 Å². The molecule has 0 aromatic heterocycles. The second-order valence-electron chi connectivity index (χ2n) is 6.45. The van der Waals surface area contributed by atoms with Crippen LogP contribution in [0.5, 0.6) is 5.75 Å². The Labute approximate surface area is 163 Å². The predicted octanol–water partition coefficient (Wildman–Crippen LogP) is 3.91. The van der Waals surface area contributed by atoms with Crippen LogP contribution in [-0.4, -0.2) is 40.3 Å². The molecule has 2 aliphatic heterocycles. The lowest BCUT2D eigenvalue weighted by atomic mass is 10.0. The second kappa shape index (κ2) is 7.14. The molecular weight excluding hydrogens is 368 g/mol. The Morgan fingerprint density at radius 1 is 1.23 bits per heavy atom. The number of anilines is 1. The Hall–Kier alpha value is -1.69. The van der Waals surface area contributed by atoms with E-state index in [0.717, 1.165) is 40.9 Å². The van der Waals surface area contributed by atoms with Gasteiger partial charge in [-0.3, -0.25) is 0 Å². The summed E-state index contributed by atoms with van der Waals surface area (Å²) in [4.78, 5) is 2.18. The summed E-state index contributed by atoms with van der Waals surface area (Å²) in [5.41, 5.74) is 0.777. The molecule has 0 spiro atoms. The maximum absolute atomic E-state index is 11.7. The molecule has 2 aliphatic rings. The summed E-state index contributed by atoms with van der Waals surface area (Å²) in [6.07, 6.45) is 1.05. The van der Waals surface area contributed by atoms with Crippen molar-refractivity contribution in [2.24, 2.45) is 0 Å². The highest BCUT2D eigenvalue weighted by molar-refractivity contribution is 8.13. The topological polar surface area (TPSA) is 35.7 Å². The van der Waals surface area contributed by atoms with E-state index < -0.39 is 5.72 Å². The van der Waals surface area contributed by atoms with Crippen LogP contribution in [-0.2, 0) is 5.72 Å². The zero-order valence-electron chi connectivity index (χ0n) is 14.7. The molecule has 136 valence electrons. The zero-order valence-corrected chi connectivity index (χ0v) is 16.3. The number of ether oxygens (including phenoxy) is 1. The van der Waals surface area contributed by atoms with E-state index in [1.165, 1.54) is 0 Å². The molecule has 1 unspecified atom stereocenters. The maximum atomic E-state index is 11.7. The van der Waals surface area contributed by atoms with Gasteiger partial charge in [0, 0.05) is 16.3 Å². The second-order valence-corrected chi connectivity index (χ2v) is 7.95. The van der Waals surface area contributed by atoms with Gasteiger partial charge in [-0.05, 0) is 49.4 Å². The molecule has 2 aromatic carbocycles. The molecule has 1 atom stereocenters. The van der Waals surface area contributed by atoms with Crippen molar-refractivity contribution in [2.75, 3.05) is 30.3 Å². The normalized spacial score (nSPS) is 22.5. The summed E-state index contributed by atoms with van der Waals surface area (Å²) < 4.78 is 7.96. The van der Waals surface area contributed by atoms with E-state index in [2.05, 4.69) is 15.5 Å². The third-order valence-electron chi connectivity index (χ3n) is 4.81. The zero-order chi connectivity index (χ0) is 18.1. The largest absolute Gasteiger partial charge is 0.489 e. The Morgan fingerprint density at radius 2 is 2.00 bits per heavy atom. The lowest BCUT2D eigenvalue weighted by molar-refractivity contribution is -0.656. The van der Waals surface area contributed by atoms with Gasteiger partial charge in [-0.15, -0.1) is 0 Å². The number of β-amino-alcohol motifs (C(OH)–C–C–N with tert-alkyl or cyclic N) is 1. The summed E-state index contributed by atoms with van der Waals surface area (Å²) >= 11 is 7.84. The molecule has 0 saturated heterocycles. The fraction of sp³-hybridized carbons (Fsp3) is 0.350. The third kappa shape index (κ3) is 2.98. The lowest BCUT2D eigenvalue weighted by Crippen LogP contribution is -2.41. The number of nitrogens with zero attached hydrogens (tertiary/aromatic N) is 2. The minimum Gasteiger partial charge on any atom is -0.489 e. The monoisotopic (exact) mass is 389 g/mol. The van der Waals surface area contributed by atoms with Gasteiger partial charge in [0.05, 0.1) is 13.2 Å². The predicted molar refractivity (Wildman–Crippen MR) is 108 cm³/mol. The molecule has 0 aliphatic carbocycles. The number of amidine groups is 1. The Bertz CT molecular complexity index is 840. The third-order valence-corrected chi connectivity index (χ3v) is 6.25. The fourth-order valence-corrected chi connectivity index (χ4v) is 4.91. The quantitative estimate of drug-likeness (QED) is 0.804. The molecule has 4 rings (SSSR count). The van der Waals surface area contributed by atoms with Gasteiger partial charge in [0.25, 0.3) is 5.72 Å². The fourth-order valence-electron chi connectivity index (χ4n) is 3.61. The van der Waals surface area contributed by atoms with Gasteiger partial charge in [-0.25, -0.2) is 9.48 Å². The first kappa shape index (κ1) is 17.7. The van der Waals surface area contributed by atoms with Crippen molar-refractivity contribution in [2.45, 2.75) is 19.1 Å². The van der Waals surface area contributed by atoms with Crippen molar-refractivity contribution in [1.29, 1.82) is 0 Å². The lowest BCUT2D eigenvalue weighted by Gasteiger charge is -2.24. The van der Waals surface area contributed by atoms with Crippen LogP contribution in [0.25, 0.3) is 0 Å². The molecule has 4 nitrogen and oxygen atoms in total. The van der Waals surface area contributed by atoms with E-state index in [-0.39, 0.29) is 0 Å². The van der Waals surface area contributed by atoms with Gasteiger partial charge in [-0.1, -0.05) is 35.9 Å². The SMILES string of the molecule is CCOc1ccccc1N1CC(O)(c2ccc(Cl)cc2)[N+]2=C1SCCC2. The van der Waals surface area contributed by atoms with Crippen LogP contribution in [0, 0.1) is 0 Å². The summed E-state index contributed by atoms with van der Waals surface area (Å²) in [6.45, 7) is 3.88. The number of benzene rings is 2. The van der Waals surface area contributed by atoms with Gasteiger partial charge in [-0.2, -0.15) is 0 Å². The van der Waals surface area contributed by atoms with E-state index in [4.69, 9.17) is 16.3 Å². The molecule has 2 heterocycles. The van der Waals surface area contributed by atoms with Gasteiger partial charge >= 0.3 is 5.17 Å². The molecule has 6 heteroatoms. The highest BCUT2D eigenvalue weighted by Gasteiger charge is 2.53. The molecule has 0 fully saturated rings. The standard InChI is InChI=1S/C20H22ClN2O2S/c1-2-25-18-7-4-3-6-17(18)22-14-20(24,15-8-10-16(21)11-9-15)23-12-5-13-26-19(22)23/h3-4,6-11,24H,2,5,12-14H2,1H3/q+1. The van der Waals surface area contributed by atoms with Crippen LogP contribution in [0.4, 0.5) is 5.69 Å². The minimum absolute atomic E-state index is 0.459. The number of para-hydroxylation sites is 2. The Morgan fingerprint density at radius 3 is 2.77 bits per heavy atom. The molecule has 2 aromatic rings. The number of hydrogen-bond acceptors (Lipinski definition) is 4. The van der Waals surface area contributed by atoms with E-state index >= 15 is 0 Å². The first-order valence-electron chi connectivity index (χ1n) is 8.88. The molecule has 0 radical (unpaired) electrons. The molecule has 0 saturated carbocycles. The summed E-state index contributed by atoms with van der Waals surface area (Å²) in [6, 6.07) is 15.5. The van der Waals surface area contributed by atoms with Crippen LogP contribution < -0.4 is 9.64 Å². The van der Waals surface area contributed by atoms with Gasteiger partial charge < -0.3 is 9.84 Å². The van der Waals surface area contributed by atoms with Gasteiger partial charge in [0.1, 0.15) is 0 Å². The summed E-state index contributed by atoms with van der Waals surface area (Å²) in [5.74, 6) is 1.89. The van der Waals surface area contributed by atoms with Crippen molar-refractivity contribution >= 4 is 34.2 Å². The average molecular weight is 390 g/mol. The highest BCUT2D eigenvalue weighted by atomic mass is 35.5. The minimum atomic E-state index is -1.08. The Balaban J connectivity index is 1.79.